The first-order valence-electron chi connectivity index (χ1n) is 21.1. The molecule has 0 aliphatic rings. The zero-order valence-electron chi connectivity index (χ0n) is 43.9. The summed E-state index contributed by atoms with van der Waals surface area (Å²) < 4.78 is 142. The van der Waals surface area contributed by atoms with Crippen LogP contribution < -0.4 is 0 Å². The number of rotatable bonds is 43. The van der Waals surface area contributed by atoms with Crippen molar-refractivity contribution in [2.24, 2.45) is 0 Å². The van der Waals surface area contributed by atoms with E-state index in [0.717, 1.165) is 24.6 Å². The molecule has 0 saturated heterocycles. The Labute approximate surface area is 406 Å². The van der Waals surface area contributed by atoms with Gasteiger partial charge in [-0.3, -0.25) is 0 Å². The van der Waals surface area contributed by atoms with Crippen molar-refractivity contribution >= 4 is 88.0 Å². The second-order valence-electron chi connectivity index (χ2n) is 15.4. The van der Waals surface area contributed by atoms with Crippen LogP contribution in [0.25, 0.3) is 0 Å². The molecule has 0 fully saturated rings. The summed E-state index contributed by atoms with van der Waals surface area (Å²) in [6.07, 6.45) is 2.96. The molecule has 0 aromatic heterocycles. The molecule has 0 atom stereocenters. The normalized spacial score (nSPS) is 14.5. The molecule has 0 spiro atoms. The zero-order chi connectivity index (χ0) is 51.0. The molecule has 0 heterocycles. The largest absolute Gasteiger partial charge is 0.669 e. The van der Waals surface area contributed by atoms with Gasteiger partial charge in [0.2, 0.25) is 0 Å². The summed E-state index contributed by atoms with van der Waals surface area (Å²) in [5.74, 6) is 0. The summed E-state index contributed by atoms with van der Waals surface area (Å²) in [5.41, 5.74) is 0. The minimum Gasteiger partial charge on any atom is -0.370 e. The predicted molar refractivity (Wildman–Crippen MR) is 261 cm³/mol. The SMILES string of the molecule is CO[Si](OC)(OC)O[Si](C)(CCCC[Si](C)(CCC[Si](C)(O[Si](OC)(OC)OC)O[Si](OC)(OC)OC)CCC[Si](C)(O[Si](OC)(OC)OC)O[Si](OC)(OC)OC)O[Si](OC)(OC)OC. The van der Waals surface area contributed by atoms with Gasteiger partial charge < -0.3 is 104 Å². The summed E-state index contributed by atoms with van der Waals surface area (Å²) in [4.78, 5) is 0. The summed E-state index contributed by atoms with van der Waals surface area (Å²) >= 11 is 0. The summed E-state index contributed by atoms with van der Waals surface area (Å²) in [7, 11) is -7.31. The van der Waals surface area contributed by atoms with Crippen LogP contribution in [0, 0.1) is 0 Å². The topological polar surface area (TPSA) is 222 Å². The van der Waals surface area contributed by atoms with Crippen molar-refractivity contribution in [2.45, 2.75) is 88.1 Å². The lowest BCUT2D eigenvalue weighted by molar-refractivity contribution is 0.0131. The molecule has 34 heteroatoms. The van der Waals surface area contributed by atoms with Crippen LogP contribution in [0.2, 0.25) is 62.5 Å². The summed E-state index contributed by atoms with van der Waals surface area (Å²) in [6, 6.07) is 4.16. The Morgan fingerprint density at radius 1 is 0.197 bits per heavy atom. The number of hydrogen-bond donors (Lipinski definition) is 0. The third-order valence-corrected chi connectivity index (χ3v) is 44.9. The molecule has 0 aliphatic carbocycles. The monoisotopic (exact) mass is 1130 g/mol. The van der Waals surface area contributed by atoms with Crippen LogP contribution in [0.1, 0.15) is 25.7 Å². The Hall–Kier alpha value is 1.21. The van der Waals surface area contributed by atoms with Crippen molar-refractivity contribution in [3.8, 4) is 0 Å². The Kier molecular flexibility index (Phi) is 31.6. The molecular formula is C32H86O24Si10. The maximum absolute atomic E-state index is 6.63. The fourth-order valence-corrected chi connectivity index (χ4v) is 40.2. The van der Waals surface area contributed by atoms with E-state index in [4.69, 9.17) is 104 Å². The van der Waals surface area contributed by atoms with Gasteiger partial charge in [0, 0.05) is 128 Å². The molecule has 0 saturated carbocycles. The van der Waals surface area contributed by atoms with Gasteiger partial charge in [-0.2, -0.15) is 0 Å². The van der Waals surface area contributed by atoms with Crippen molar-refractivity contribution in [3.63, 3.8) is 0 Å². The van der Waals surface area contributed by atoms with E-state index in [1.165, 1.54) is 128 Å². The van der Waals surface area contributed by atoms with Crippen LogP contribution >= 0.6 is 0 Å². The smallest absolute Gasteiger partial charge is 0.370 e. The Bertz CT molecular complexity index is 1110. The van der Waals surface area contributed by atoms with Gasteiger partial charge in [0.05, 0.1) is 8.07 Å². The Morgan fingerprint density at radius 3 is 0.500 bits per heavy atom. The van der Waals surface area contributed by atoms with Crippen LogP contribution in [-0.2, 0) is 104 Å². The molecule has 0 aliphatic heterocycles. The molecule has 0 unspecified atom stereocenters. The summed E-state index contributed by atoms with van der Waals surface area (Å²) in [5, 5.41) is 0. The highest BCUT2D eigenvalue weighted by molar-refractivity contribution is 6.83. The van der Waals surface area contributed by atoms with Crippen molar-refractivity contribution < 1.29 is 104 Å². The van der Waals surface area contributed by atoms with Gasteiger partial charge in [0.15, 0.2) is 0 Å². The van der Waals surface area contributed by atoms with E-state index in [0.29, 0.717) is 37.4 Å². The number of hydrogen-bond acceptors (Lipinski definition) is 24. The highest BCUT2D eigenvalue weighted by Crippen LogP contribution is 2.37. The minimum atomic E-state index is -3.63. The minimum absolute atomic E-state index is 0.499. The first kappa shape index (κ1) is 67.2. The highest BCUT2D eigenvalue weighted by Gasteiger charge is 2.60. The molecule has 66 heavy (non-hydrogen) atoms. The van der Waals surface area contributed by atoms with Crippen LogP contribution in [0.5, 0.6) is 0 Å². The molecule has 398 valence electrons. The lowest BCUT2D eigenvalue weighted by atomic mass is 10.4. The van der Waals surface area contributed by atoms with Gasteiger partial charge in [0.1, 0.15) is 0 Å². The second-order valence-corrected chi connectivity index (χ2v) is 47.1. The lowest BCUT2D eigenvalue weighted by Crippen LogP contribution is -2.62. The van der Waals surface area contributed by atoms with E-state index in [1.807, 2.05) is 19.6 Å². The molecule has 0 amide bonds. The van der Waals surface area contributed by atoms with Gasteiger partial charge in [-0.15, -0.1) is 0 Å². The molecule has 24 nitrogen and oxygen atoms in total. The molecular weight excluding hydrogens is 1050 g/mol. The fraction of sp³-hybridized carbons (Fsp3) is 1.00. The maximum atomic E-state index is 6.63. The van der Waals surface area contributed by atoms with Crippen molar-refractivity contribution in [1.82, 2.24) is 0 Å². The van der Waals surface area contributed by atoms with E-state index in [9.17, 15) is 0 Å². The molecule has 0 radical (unpaired) electrons. The maximum Gasteiger partial charge on any atom is 0.669 e. The standard InChI is InChI=1S/C32H86O24Si10/c1-33-61(34-2,35-3)51-58(20,52-62(36-4,37-5)38-6)30-24-23-27-57(19,28-25-31-59(21,53-63(39-7,40-8)41-9)54-64(42-10,43-11)44-12)29-26-32-60(22,55-65(45-13,46-14)47-15)56-66(48-16,49-17)50-18/h23-32H2,1-22H3. The quantitative estimate of drug-likeness (QED) is 0.0617. The average Bonchev–Trinajstić information content (AvgIpc) is 3.34. The van der Waals surface area contributed by atoms with Crippen molar-refractivity contribution in [2.75, 3.05) is 128 Å². The van der Waals surface area contributed by atoms with Gasteiger partial charge in [-0.25, -0.2) is 0 Å². The molecule has 0 aromatic carbocycles. The van der Waals surface area contributed by atoms with Crippen LogP contribution in [0.3, 0.4) is 0 Å². The Balaban J connectivity index is 7.16. The van der Waals surface area contributed by atoms with E-state index in [-0.39, 0.29) is 0 Å². The van der Waals surface area contributed by atoms with E-state index < -0.39 is 88.0 Å². The summed E-state index contributed by atoms with van der Waals surface area (Å²) in [6.45, 7) is 8.10. The first-order chi connectivity index (χ1) is 31.0. The van der Waals surface area contributed by atoms with Crippen LogP contribution in [0.15, 0.2) is 0 Å². The van der Waals surface area contributed by atoms with E-state index in [2.05, 4.69) is 6.55 Å². The third kappa shape index (κ3) is 19.9. The van der Waals surface area contributed by atoms with Gasteiger partial charge in [-0.05, 0) is 37.8 Å². The van der Waals surface area contributed by atoms with Crippen LogP contribution in [0.4, 0.5) is 0 Å². The third-order valence-electron chi connectivity index (χ3n) is 11.0. The molecule has 0 N–H and O–H groups in total. The molecule has 0 rings (SSSR count). The first-order valence-corrected chi connectivity index (χ1v) is 41.6. The van der Waals surface area contributed by atoms with E-state index in [1.54, 1.807) is 0 Å². The zero-order valence-corrected chi connectivity index (χ0v) is 53.9. The average molecular weight is 1140 g/mol. The fourth-order valence-electron chi connectivity index (χ4n) is 7.25. The lowest BCUT2D eigenvalue weighted by Gasteiger charge is -2.39. The van der Waals surface area contributed by atoms with Gasteiger partial charge in [-0.1, -0.05) is 50.4 Å². The van der Waals surface area contributed by atoms with Gasteiger partial charge >= 0.3 is 80.0 Å². The van der Waals surface area contributed by atoms with Crippen molar-refractivity contribution in [3.05, 3.63) is 0 Å². The van der Waals surface area contributed by atoms with Crippen LogP contribution in [-0.4, -0.2) is 216 Å². The molecule has 0 aromatic rings. The highest BCUT2D eigenvalue weighted by atomic mass is 28.5. The molecule has 0 bridgehead atoms. The van der Waals surface area contributed by atoms with Gasteiger partial charge in [0.25, 0.3) is 0 Å². The number of unbranched alkanes of at least 4 members (excludes halogenated alkanes) is 1. The van der Waals surface area contributed by atoms with E-state index >= 15 is 0 Å². The Morgan fingerprint density at radius 2 is 0.333 bits per heavy atom. The van der Waals surface area contributed by atoms with Crippen molar-refractivity contribution in [1.29, 1.82) is 0 Å². The predicted octanol–water partition coefficient (Wildman–Crippen LogP) is 4.19. The second kappa shape index (κ2) is 31.1.